The number of nitrogens with zero attached hydrogens (tertiary/aromatic N) is 3. The van der Waals surface area contributed by atoms with Gasteiger partial charge < -0.3 is 0 Å². The van der Waals surface area contributed by atoms with E-state index in [0.29, 0.717) is 6.42 Å². The highest BCUT2D eigenvalue weighted by Gasteiger charge is 2.61. The summed E-state index contributed by atoms with van der Waals surface area (Å²) >= 11 is 12.0. The summed E-state index contributed by atoms with van der Waals surface area (Å²) in [6, 6.07) is 8.93. The van der Waals surface area contributed by atoms with Crippen molar-refractivity contribution >= 4 is 52.4 Å². The maximum Gasteiger partial charge on any atom is 0.273 e. The van der Waals surface area contributed by atoms with Crippen LogP contribution in [0.15, 0.2) is 54.6 Å². The van der Waals surface area contributed by atoms with Gasteiger partial charge in [0.05, 0.1) is 26.8 Å². The molecule has 3 aliphatic rings. The van der Waals surface area contributed by atoms with Crippen molar-refractivity contribution in [1.29, 1.82) is 0 Å². The van der Waals surface area contributed by atoms with E-state index in [1.807, 2.05) is 12.2 Å². The lowest BCUT2D eigenvalue weighted by molar-refractivity contribution is -0.384. The molecule has 4 atom stereocenters. The van der Waals surface area contributed by atoms with E-state index in [1.165, 1.54) is 30.3 Å². The molecule has 9 nitrogen and oxygen atoms in total. The van der Waals surface area contributed by atoms with E-state index in [0.717, 1.165) is 22.2 Å². The number of hydrazine groups is 1. The minimum absolute atomic E-state index is 0.0367. The third-order valence-corrected chi connectivity index (χ3v) is 7.52. The van der Waals surface area contributed by atoms with Crippen LogP contribution >= 0.6 is 23.2 Å². The van der Waals surface area contributed by atoms with Gasteiger partial charge in [-0.3, -0.25) is 29.3 Å². The zero-order valence-corrected chi connectivity index (χ0v) is 19.5. The minimum Gasteiger partial charge on any atom is -0.292 e. The Hall–Kier alpha value is -3.56. The van der Waals surface area contributed by atoms with Gasteiger partial charge in [0.15, 0.2) is 5.78 Å². The fourth-order valence-electron chi connectivity index (χ4n) is 5.13. The monoisotopic (exact) mass is 513 g/mol. The first-order chi connectivity index (χ1) is 16.7. The van der Waals surface area contributed by atoms with Crippen LogP contribution in [0, 0.1) is 33.8 Å². The number of hydrogen-bond acceptors (Lipinski definition) is 6. The first-order valence-corrected chi connectivity index (χ1v) is 11.5. The van der Waals surface area contributed by atoms with Gasteiger partial charge >= 0.3 is 0 Å². The number of nitro benzene ring substituents is 1. The van der Waals surface area contributed by atoms with Crippen molar-refractivity contribution in [1.82, 2.24) is 10.0 Å². The number of non-ortho nitro benzene ring substituents is 1. The van der Waals surface area contributed by atoms with Crippen molar-refractivity contribution in [3.8, 4) is 0 Å². The number of carbonyl (C=O) groups is 4. The number of fused-ring (bicyclic) bond motifs is 5. The van der Waals surface area contributed by atoms with Gasteiger partial charge in [-0.05, 0) is 48.6 Å². The maximum absolute atomic E-state index is 13.5. The highest BCUT2D eigenvalue weighted by atomic mass is 35.5. The van der Waals surface area contributed by atoms with E-state index in [2.05, 4.69) is 0 Å². The summed E-state index contributed by atoms with van der Waals surface area (Å²) in [4.78, 5) is 63.6. The SMILES string of the molecule is O=C(CN(C(=O)c1ccc(Cl)c(Cl)c1)N1C(=O)[C@@H]2[C@H](C1=O)[C@H]1C=C[C@H]2C1)c1ccc([N+](=O)[O-])cc1. The quantitative estimate of drug-likeness (QED) is 0.189. The highest BCUT2D eigenvalue weighted by Crippen LogP contribution is 2.52. The number of benzene rings is 2. The van der Waals surface area contributed by atoms with Crippen molar-refractivity contribution < 1.29 is 24.1 Å². The summed E-state index contributed by atoms with van der Waals surface area (Å²) in [6.07, 6.45) is 4.56. The molecule has 3 amide bonds. The number of halogens is 2. The second-order valence-corrected chi connectivity index (χ2v) is 9.52. The largest absolute Gasteiger partial charge is 0.292 e. The van der Waals surface area contributed by atoms with Gasteiger partial charge in [0.2, 0.25) is 0 Å². The van der Waals surface area contributed by atoms with Crippen LogP contribution in [0.3, 0.4) is 0 Å². The molecular weight excluding hydrogens is 497 g/mol. The summed E-state index contributed by atoms with van der Waals surface area (Å²) in [5.74, 6) is -3.75. The van der Waals surface area contributed by atoms with Crippen LogP contribution in [0.25, 0.3) is 0 Å². The molecule has 0 aromatic heterocycles. The molecule has 5 rings (SSSR count). The van der Waals surface area contributed by atoms with E-state index in [-0.39, 0.29) is 38.7 Å². The Kier molecular flexibility index (Phi) is 5.69. The van der Waals surface area contributed by atoms with Crippen molar-refractivity contribution in [2.45, 2.75) is 6.42 Å². The van der Waals surface area contributed by atoms with E-state index in [1.54, 1.807) is 0 Å². The van der Waals surface area contributed by atoms with Gasteiger partial charge in [-0.25, -0.2) is 5.01 Å². The summed E-state index contributed by atoms with van der Waals surface area (Å²) in [5, 5.41) is 12.8. The Morgan fingerprint density at radius 1 is 0.943 bits per heavy atom. The van der Waals surface area contributed by atoms with E-state index < -0.39 is 46.8 Å². The fraction of sp³-hybridized carbons (Fsp3) is 0.250. The standard InChI is InChI=1S/C24H17Cl2N3O6/c25-17-8-5-15(10-18(17)26)22(31)27(11-19(30)12-3-6-16(7-4-12)29(34)35)28-23(32)20-13-1-2-14(9-13)21(20)24(28)33/h1-8,10,13-14,20-21H,9,11H2/t13-,14-,20-,21+/m0/s1. The summed E-state index contributed by atoms with van der Waals surface area (Å²) in [5.41, 5.74) is -0.0794. The molecule has 0 N–H and O–H groups in total. The van der Waals surface area contributed by atoms with E-state index in [9.17, 15) is 29.3 Å². The molecule has 2 aliphatic carbocycles. The molecule has 2 bridgehead atoms. The van der Waals surface area contributed by atoms with Crippen molar-refractivity contribution in [3.05, 3.63) is 85.9 Å². The van der Waals surface area contributed by atoms with Crippen LogP contribution in [0.2, 0.25) is 10.0 Å². The number of rotatable bonds is 6. The molecule has 1 saturated carbocycles. The number of amides is 3. The molecule has 2 aromatic carbocycles. The second kappa shape index (κ2) is 8.58. The predicted molar refractivity (Wildman–Crippen MR) is 124 cm³/mol. The van der Waals surface area contributed by atoms with Gasteiger partial charge in [-0.15, -0.1) is 0 Å². The van der Waals surface area contributed by atoms with E-state index >= 15 is 0 Å². The number of ketones is 1. The lowest BCUT2D eigenvalue weighted by Gasteiger charge is -2.31. The smallest absolute Gasteiger partial charge is 0.273 e. The Morgan fingerprint density at radius 2 is 1.51 bits per heavy atom. The fourth-order valence-corrected chi connectivity index (χ4v) is 5.43. The third kappa shape index (κ3) is 3.81. The second-order valence-electron chi connectivity index (χ2n) is 8.71. The number of hydrogen-bond donors (Lipinski definition) is 0. The molecule has 1 heterocycles. The molecule has 178 valence electrons. The van der Waals surface area contributed by atoms with Gasteiger partial charge in [-0.2, -0.15) is 5.01 Å². The average molecular weight is 514 g/mol. The van der Waals surface area contributed by atoms with Crippen LogP contribution in [0.1, 0.15) is 27.1 Å². The molecule has 1 saturated heterocycles. The number of allylic oxidation sites excluding steroid dienone is 2. The number of Topliss-reactive ketones (excluding diaryl/α,β-unsaturated/α-hetero) is 1. The minimum atomic E-state index is -0.777. The topological polar surface area (TPSA) is 118 Å². The normalized spacial score (nSPS) is 24.1. The summed E-state index contributed by atoms with van der Waals surface area (Å²) in [6.45, 7) is -0.628. The lowest BCUT2D eigenvalue weighted by atomic mass is 9.85. The zero-order chi connectivity index (χ0) is 25.0. The first-order valence-electron chi connectivity index (χ1n) is 10.8. The van der Waals surface area contributed by atoms with Crippen molar-refractivity contribution in [2.75, 3.05) is 6.54 Å². The predicted octanol–water partition coefficient (Wildman–Crippen LogP) is 3.95. The van der Waals surface area contributed by atoms with Crippen LogP contribution < -0.4 is 0 Å². The Labute approximate surface area is 209 Å². The summed E-state index contributed by atoms with van der Waals surface area (Å²) in [7, 11) is 0. The number of imide groups is 1. The van der Waals surface area contributed by atoms with Gasteiger partial charge in [0.1, 0.15) is 6.54 Å². The van der Waals surface area contributed by atoms with Crippen molar-refractivity contribution in [3.63, 3.8) is 0 Å². The molecule has 2 aromatic rings. The molecule has 0 unspecified atom stereocenters. The zero-order valence-electron chi connectivity index (χ0n) is 18.0. The van der Waals surface area contributed by atoms with Crippen LogP contribution in [-0.4, -0.2) is 45.0 Å². The van der Waals surface area contributed by atoms with Gasteiger partial charge in [0.25, 0.3) is 23.4 Å². The molecule has 0 radical (unpaired) electrons. The van der Waals surface area contributed by atoms with Crippen LogP contribution in [0.4, 0.5) is 5.69 Å². The Bertz CT molecular complexity index is 1300. The molecule has 35 heavy (non-hydrogen) atoms. The van der Waals surface area contributed by atoms with Gasteiger partial charge in [-0.1, -0.05) is 35.4 Å². The Balaban J connectivity index is 1.49. The molecular formula is C24H17Cl2N3O6. The first kappa shape index (κ1) is 23.2. The van der Waals surface area contributed by atoms with E-state index in [4.69, 9.17) is 23.2 Å². The van der Waals surface area contributed by atoms with Crippen LogP contribution in [0.5, 0.6) is 0 Å². The molecule has 11 heteroatoms. The highest BCUT2D eigenvalue weighted by molar-refractivity contribution is 6.42. The maximum atomic E-state index is 13.5. The molecule has 1 aliphatic heterocycles. The number of carbonyl (C=O) groups excluding carboxylic acids is 4. The summed E-state index contributed by atoms with van der Waals surface area (Å²) < 4.78 is 0. The number of nitro groups is 1. The molecule has 0 spiro atoms. The lowest BCUT2D eigenvalue weighted by Crippen LogP contribution is -2.52. The van der Waals surface area contributed by atoms with Gasteiger partial charge in [0, 0.05) is 23.3 Å². The van der Waals surface area contributed by atoms with Crippen LogP contribution in [-0.2, 0) is 9.59 Å². The average Bonchev–Trinajstić information content (AvgIpc) is 3.53. The Morgan fingerprint density at radius 3 is 2.06 bits per heavy atom. The van der Waals surface area contributed by atoms with Crippen molar-refractivity contribution in [2.24, 2.45) is 23.7 Å². The third-order valence-electron chi connectivity index (χ3n) is 6.78. The molecule has 2 fully saturated rings.